The number of rotatable bonds is 3. The minimum atomic E-state index is 0.197. The molecule has 0 bridgehead atoms. The molecule has 100 valence electrons. The van der Waals surface area contributed by atoms with Crippen LogP contribution < -0.4 is 10.5 Å². The lowest BCUT2D eigenvalue weighted by molar-refractivity contribution is 0.396. The lowest BCUT2D eigenvalue weighted by Gasteiger charge is -2.17. The first-order valence-electron chi connectivity index (χ1n) is 6.70. The maximum atomic E-state index is 6.15. The zero-order valence-electron chi connectivity index (χ0n) is 11.2. The highest BCUT2D eigenvalue weighted by molar-refractivity contribution is 5.30. The molecule has 0 saturated heterocycles. The number of hydrogen-bond acceptors (Lipinski definition) is 3. The minimum Gasteiger partial charge on any atom is -0.481 e. The van der Waals surface area contributed by atoms with Crippen LogP contribution in [0.5, 0.6) is 5.88 Å². The number of hydrogen-bond donors (Lipinski definition) is 1. The fourth-order valence-electron chi connectivity index (χ4n) is 2.72. The average Bonchev–Trinajstić information content (AvgIpc) is 2.83. The molecular weight excluding hydrogens is 238 g/mol. The van der Waals surface area contributed by atoms with E-state index in [0.29, 0.717) is 5.88 Å². The van der Waals surface area contributed by atoms with Gasteiger partial charge >= 0.3 is 0 Å². The zero-order chi connectivity index (χ0) is 13.2. The maximum absolute atomic E-state index is 6.15. The predicted molar refractivity (Wildman–Crippen MR) is 74.2 cm³/mol. The Labute approximate surface area is 113 Å². The van der Waals surface area contributed by atoms with E-state index in [1.54, 1.807) is 7.11 Å². The van der Waals surface area contributed by atoms with Gasteiger partial charge in [-0.3, -0.25) is 0 Å². The SMILES string of the molecule is COc1cccc(Cn2cc3c(c2)C(N)CCC3)n1. The summed E-state index contributed by atoms with van der Waals surface area (Å²) in [5.74, 6) is 0.658. The highest BCUT2D eigenvalue weighted by Crippen LogP contribution is 2.28. The fraction of sp³-hybridized carbons (Fsp3) is 0.400. The molecule has 0 amide bonds. The minimum absolute atomic E-state index is 0.197. The third-order valence-electron chi connectivity index (χ3n) is 3.69. The Morgan fingerprint density at radius 2 is 2.32 bits per heavy atom. The van der Waals surface area contributed by atoms with E-state index in [4.69, 9.17) is 10.5 Å². The van der Waals surface area contributed by atoms with Crippen LogP contribution in [0.2, 0.25) is 0 Å². The summed E-state index contributed by atoms with van der Waals surface area (Å²) in [5, 5.41) is 0. The summed E-state index contributed by atoms with van der Waals surface area (Å²) in [4.78, 5) is 4.44. The monoisotopic (exact) mass is 257 g/mol. The summed E-state index contributed by atoms with van der Waals surface area (Å²) in [7, 11) is 1.64. The molecule has 0 aromatic carbocycles. The van der Waals surface area contributed by atoms with Crippen molar-refractivity contribution in [1.29, 1.82) is 0 Å². The van der Waals surface area contributed by atoms with Crippen molar-refractivity contribution in [3.63, 3.8) is 0 Å². The van der Waals surface area contributed by atoms with Gasteiger partial charge in [0.05, 0.1) is 19.3 Å². The zero-order valence-corrected chi connectivity index (χ0v) is 11.2. The van der Waals surface area contributed by atoms with Crippen molar-refractivity contribution >= 4 is 0 Å². The van der Waals surface area contributed by atoms with E-state index < -0.39 is 0 Å². The van der Waals surface area contributed by atoms with Gasteiger partial charge in [-0.1, -0.05) is 6.07 Å². The van der Waals surface area contributed by atoms with Crippen molar-refractivity contribution in [2.24, 2.45) is 5.73 Å². The van der Waals surface area contributed by atoms with Gasteiger partial charge < -0.3 is 15.0 Å². The van der Waals surface area contributed by atoms with E-state index in [9.17, 15) is 0 Å². The van der Waals surface area contributed by atoms with Crippen LogP contribution in [0.3, 0.4) is 0 Å². The van der Waals surface area contributed by atoms with Gasteiger partial charge in [0.2, 0.25) is 5.88 Å². The van der Waals surface area contributed by atoms with Crippen LogP contribution in [-0.4, -0.2) is 16.7 Å². The summed E-state index contributed by atoms with van der Waals surface area (Å²) in [6, 6.07) is 6.04. The van der Waals surface area contributed by atoms with Gasteiger partial charge in [-0.25, -0.2) is 4.98 Å². The first kappa shape index (κ1) is 12.2. The molecule has 4 nitrogen and oxygen atoms in total. The first-order chi connectivity index (χ1) is 9.26. The van der Waals surface area contributed by atoms with E-state index in [-0.39, 0.29) is 6.04 Å². The van der Waals surface area contributed by atoms with E-state index >= 15 is 0 Å². The molecule has 4 heteroatoms. The van der Waals surface area contributed by atoms with Crippen LogP contribution in [-0.2, 0) is 13.0 Å². The van der Waals surface area contributed by atoms with Gasteiger partial charge in [0.1, 0.15) is 0 Å². The smallest absolute Gasteiger partial charge is 0.213 e. The van der Waals surface area contributed by atoms with E-state index in [0.717, 1.165) is 25.1 Å². The van der Waals surface area contributed by atoms with Crippen molar-refractivity contribution in [1.82, 2.24) is 9.55 Å². The van der Waals surface area contributed by atoms with Crippen LogP contribution in [0.1, 0.15) is 35.7 Å². The van der Waals surface area contributed by atoms with Crippen LogP contribution in [0.25, 0.3) is 0 Å². The van der Waals surface area contributed by atoms with Crippen LogP contribution in [0.4, 0.5) is 0 Å². The number of aromatic nitrogens is 2. The standard InChI is InChI=1S/C15H19N3O/c1-19-15-7-3-5-12(17-15)9-18-8-11-4-2-6-14(16)13(11)10-18/h3,5,7-8,10,14H,2,4,6,9,16H2,1H3. The Bertz CT molecular complexity index is 577. The molecule has 3 rings (SSSR count). The molecule has 2 heterocycles. The Morgan fingerprint density at radius 1 is 1.42 bits per heavy atom. The number of ether oxygens (including phenoxy) is 1. The van der Waals surface area contributed by atoms with Crippen molar-refractivity contribution in [2.45, 2.75) is 31.8 Å². The summed E-state index contributed by atoms with van der Waals surface area (Å²) < 4.78 is 7.33. The molecule has 19 heavy (non-hydrogen) atoms. The maximum Gasteiger partial charge on any atom is 0.213 e. The number of nitrogens with two attached hydrogens (primary N) is 1. The van der Waals surface area contributed by atoms with Gasteiger partial charge in [0.25, 0.3) is 0 Å². The molecule has 0 saturated carbocycles. The Balaban J connectivity index is 1.83. The molecule has 2 aromatic heterocycles. The summed E-state index contributed by atoms with van der Waals surface area (Å²) in [6.07, 6.45) is 7.79. The first-order valence-corrected chi connectivity index (χ1v) is 6.70. The second-order valence-corrected chi connectivity index (χ2v) is 5.08. The fourth-order valence-corrected chi connectivity index (χ4v) is 2.72. The third-order valence-corrected chi connectivity index (χ3v) is 3.69. The van der Waals surface area contributed by atoms with Gasteiger partial charge in [-0.05, 0) is 36.5 Å². The van der Waals surface area contributed by atoms with Crippen LogP contribution >= 0.6 is 0 Å². The molecule has 1 aliphatic carbocycles. The lowest BCUT2D eigenvalue weighted by Crippen LogP contribution is -2.15. The van der Waals surface area contributed by atoms with Gasteiger partial charge in [-0.2, -0.15) is 0 Å². The van der Waals surface area contributed by atoms with Crippen molar-refractivity contribution in [3.8, 4) is 5.88 Å². The molecule has 0 fully saturated rings. The Hall–Kier alpha value is -1.81. The van der Waals surface area contributed by atoms with Crippen molar-refractivity contribution in [2.75, 3.05) is 7.11 Å². The third kappa shape index (κ3) is 2.49. The van der Waals surface area contributed by atoms with Gasteiger partial charge in [0, 0.05) is 24.5 Å². The molecular formula is C15H19N3O. The van der Waals surface area contributed by atoms with Crippen molar-refractivity contribution in [3.05, 3.63) is 47.4 Å². The summed E-state index contributed by atoms with van der Waals surface area (Å²) in [5.41, 5.74) is 9.84. The molecule has 0 radical (unpaired) electrons. The number of aryl methyl sites for hydroxylation is 1. The summed E-state index contributed by atoms with van der Waals surface area (Å²) >= 11 is 0. The number of pyridine rings is 1. The normalized spacial score (nSPS) is 18.1. The molecule has 0 spiro atoms. The number of fused-ring (bicyclic) bond motifs is 1. The molecule has 1 aliphatic rings. The number of methoxy groups -OCH3 is 1. The molecule has 1 unspecified atom stereocenters. The van der Waals surface area contributed by atoms with E-state index in [1.807, 2.05) is 18.2 Å². The topological polar surface area (TPSA) is 53.1 Å². The predicted octanol–water partition coefficient (Wildman–Crippen LogP) is 2.28. The van der Waals surface area contributed by atoms with E-state index in [2.05, 4.69) is 21.9 Å². The Kier molecular flexibility index (Phi) is 3.25. The van der Waals surface area contributed by atoms with E-state index in [1.165, 1.54) is 17.5 Å². The molecule has 1 atom stereocenters. The highest BCUT2D eigenvalue weighted by atomic mass is 16.5. The van der Waals surface area contributed by atoms with Crippen molar-refractivity contribution < 1.29 is 4.74 Å². The van der Waals surface area contributed by atoms with Gasteiger partial charge in [0.15, 0.2) is 0 Å². The molecule has 2 N–H and O–H groups in total. The Morgan fingerprint density at radius 3 is 3.11 bits per heavy atom. The molecule has 0 aliphatic heterocycles. The average molecular weight is 257 g/mol. The molecule has 2 aromatic rings. The van der Waals surface area contributed by atoms with Gasteiger partial charge in [-0.15, -0.1) is 0 Å². The van der Waals surface area contributed by atoms with Crippen LogP contribution in [0, 0.1) is 0 Å². The quantitative estimate of drug-likeness (QED) is 0.917. The largest absolute Gasteiger partial charge is 0.481 e. The second kappa shape index (κ2) is 5.05. The lowest BCUT2D eigenvalue weighted by atomic mass is 9.92. The number of nitrogens with zero attached hydrogens (tertiary/aromatic N) is 2. The highest BCUT2D eigenvalue weighted by Gasteiger charge is 2.18. The summed E-state index contributed by atoms with van der Waals surface area (Å²) in [6.45, 7) is 0.761. The van der Waals surface area contributed by atoms with Crippen LogP contribution in [0.15, 0.2) is 30.6 Å². The second-order valence-electron chi connectivity index (χ2n) is 5.08.